The highest BCUT2D eigenvalue weighted by atomic mass is 79.9. The molecule has 26 heavy (non-hydrogen) atoms. The first kappa shape index (κ1) is 18.4. The summed E-state index contributed by atoms with van der Waals surface area (Å²) in [5, 5.41) is 6.78. The van der Waals surface area contributed by atoms with Crippen LogP contribution in [-0.4, -0.2) is 16.0 Å². The second-order valence-corrected chi connectivity index (χ2v) is 7.24. The lowest BCUT2D eigenvalue weighted by molar-refractivity contribution is 0.753. The molecule has 1 heterocycles. The lowest BCUT2D eigenvalue weighted by Crippen LogP contribution is -2.16. The molecule has 2 N–H and O–H groups in total. The standard InChI is InChI=1S/C21H23BrN4/c1-4-15(3)23-21-25-19(16-8-6-5-7-9-16)13-20(26-21)24-18-11-10-14(2)12-17(18)22/h5-13,15H,4H2,1-3H3,(H2,23,24,25,26)/t15-/m0/s1. The van der Waals surface area contributed by atoms with Crippen LogP contribution in [0, 0.1) is 6.92 Å². The highest BCUT2D eigenvalue weighted by molar-refractivity contribution is 9.10. The van der Waals surface area contributed by atoms with Crippen molar-refractivity contribution >= 4 is 33.4 Å². The Hall–Kier alpha value is -2.40. The zero-order valence-electron chi connectivity index (χ0n) is 15.3. The van der Waals surface area contributed by atoms with Gasteiger partial charge in [0.1, 0.15) is 5.82 Å². The van der Waals surface area contributed by atoms with Crippen molar-refractivity contribution in [3.8, 4) is 11.3 Å². The van der Waals surface area contributed by atoms with Crippen LogP contribution in [-0.2, 0) is 0 Å². The molecule has 134 valence electrons. The molecular formula is C21H23BrN4. The van der Waals surface area contributed by atoms with Crippen molar-refractivity contribution in [2.75, 3.05) is 10.6 Å². The number of anilines is 3. The zero-order valence-corrected chi connectivity index (χ0v) is 16.8. The molecule has 0 radical (unpaired) electrons. The maximum Gasteiger partial charge on any atom is 0.225 e. The predicted octanol–water partition coefficient (Wildman–Crippen LogP) is 6.17. The summed E-state index contributed by atoms with van der Waals surface area (Å²) < 4.78 is 1.01. The number of halogens is 1. The van der Waals surface area contributed by atoms with Gasteiger partial charge in [0.15, 0.2) is 0 Å². The van der Waals surface area contributed by atoms with E-state index in [4.69, 9.17) is 4.98 Å². The number of rotatable bonds is 6. The molecule has 0 aliphatic carbocycles. The topological polar surface area (TPSA) is 49.8 Å². The second-order valence-electron chi connectivity index (χ2n) is 6.39. The normalized spacial score (nSPS) is 11.8. The lowest BCUT2D eigenvalue weighted by Gasteiger charge is -2.15. The van der Waals surface area contributed by atoms with Crippen LogP contribution in [0.25, 0.3) is 11.3 Å². The average molecular weight is 411 g/mol. The smallest absolute Gasteiger partial charge is 0.225 e. The van der Waals surface area contributed by atoms with Gasteiger partial charge in [-0.15, -0.1) is 0 Å². The minimum atomic E-state index is 0.306. The minimum Gasteiger partial charge on any atom is -0.352 e. The predicted molar refractivity (Wildman–Crippen MR) is 113 cm³/mol. The van der Waals surface area contributed by atoms with Gasteiger partial charge in [0.2, 0.25) is 5.95 Å². The van der Waals surface area contributed by atoms with Crippen LogP contribution in [0.3, 0.4) is 0 Å². The van der Waals surface area contributed by atoms with Gasteiger partial charge in [-0.2, -0.15) is 4.98 Å². The van der Waals surface area contributed by atoms with Gasteiger partial charge in [-0.05, 0) is 53.9 Å². The molecule has 1 atom stereocenters. The molecule has 5 heteroatoms. The van der Waals surface area contributed by atoms with E-state index >= 15 is 0 Å². The van der Waals surface area contributed by atoms with Crippen molar-refractivity contribution in [1.29, 1.82) is 0 Å². The largest absolute Gasteiger partial charge is 0.352 e. The Bertz CT molecular complexity index is 880. The molecule has 1 aromatic heterocycles. The number of aryl methyl sites for hydroxylation is 1. The first-order valence-electron chi connectivity index (χ1n) is 8.79. The maximum atomic E-state index is 4.70. The van der Waals surface area contributed by atoms with Crippen LogP contribution >= 0.6 is 15.9 Å². The van der Waals surface area contributed by atoms with Crippen molar-refractivity contribution in [2.24, 2.45) is 0 Å². The summed E-state index contributed by atoms with van der Waals surface area (Å²) in [6.07, 6.45) is 1.01. The number of hydrogen-bond acceptors (Lipinski definition) is 4. The van der Waals surface area contributed by atoms with Crippen molar-refractivity contribution in [3.05, 3.63) is 64.6 Å². The highest BCUT2D eigenvalue weighted by Crippen LogP contribution is 2.28. The Morgan fingerprint density at radius 1 is 1.04 bits per heavy atom. The van der Waals surface area contributed by atoms with Gasteiger partial charge in [-0.1, -0.05) is 43.3 Å². The number of nitrogens with one attached hydrogen (secondary N) is 2. The molecule has 0 aliphatic heterocycles. The fourth-order valence-electron chi connectivity index (χ4n) is 2.51. The van der Waals surface area contributed by atoms with E-state index in [2.05, 4.69) is 76.6 Å². The molecule has 4 nitrogen and oxygen atoms in total. The van der Waals surface area contributed by atoms with Gasteiger partial charge in [0.25, 0.3) is 0 Å². The summed E-state index contributed by atoms with van der Waals surface area (Å²) in [7, 11) is 0. The van der Waals surface area contributed by atoms with Gasteiger partial charge in [-0.3, -0.25) is 0 Å². The van der Waals surface area contributed by atoms with E-state index < -0.39 is 0 Å². The van der Waals surface area contributed by atoms with Gasteiger partial charge in [0.05, 0.1) is 11.4 Å². The Balaban J connectivity index is 1.98. The van der Waals surface area contributed by atoms with E-state index in [0.29, 0.717) is 12.0 Å². The quantitative estimate of drug-likeness (QED) is 0.509. The molecule has 3 aromatic rings. The fourth-order valence-corrected chi connectivity index (χ4v) is 3.11. The fraction of sp³-hybridized carbons (Fsp3) is 0.238. The third kappa shape index (κ3) is 4.61. The molecule has 0 bridgehead atoms. The third-order valence-electron chi connectivity index (χ3n) is 4.17. The van der Waals surface area contributed by atoms with Crippen LogP contribution in [0.15, 0.2) is 59.1 Å². The molecule has 0 unspecified atom stereocenters. The summed E-state index contributed by atoms with van der Waals surface area (Å²) in [4.78, 5) is 9.35. The monoisotopic (exact) mass is 410 g/mol. The second kappa shape index (κ2) is 8.32. The zero-order chi connectivity index (χ0) is 18.5. The Labute approximate surface area is 163 Å². The molecular weight excluding hydrogens is 388 g/mol. The molecule has 0 fully saturated rings. The van der Waals surface area contributed by atoms with Gasteiger partial charge < -0.3 is 10.6 Å². The number of nitrogens with zero attached hydrogens (tertiary/aromatic N) is 2. The molecule has 3 rings (SSSR count). The van der Waals surface area contributed by atoms with Crippen LogP contribution in [0.5, 0.6) is 0 Å². The Morgan fingerprint density at radius 3 is 2.50 bits per heavy atom. The SMILES string of the molecule is CC[C@H](C)Nc1nc(Nc2ccc(C)cc2Br)cc(-c2ccccc2)n1. The van der Waals surface area contributed by atoms with Crippen molar-refractivity contribution in [3.63, 3.8) is 0 Å². The molecule has 0 aliphatic rings. The lowest BCUT2D eigenvalue weighted by atomic mass is 10.1. The summed E-state index contributed by atoms with van der Waals surface area (Å²) in [5.41, 5.74) is 4.13. The van der Waals surface area contributed by atoms with Gasteiger partial charge in [0, 0.05) is 22.1 Å². The maximum absolute atomic E-state index is 4.70. The minimum absolute atomic E-state index is 0.306. The van der Waals surface area contributed by atoms with E-state index in [1.54, 1.807) is 0 Å². The van der Waals surface area contributed by atoms with Crippen LogP contribution in [0.4, 0.5) is 17.5 Å². The number of hydrogen-bond donors (Lipinski definition) is 2. The number of aromatic nitrogens is 2. The first-order valence-corrected chi connectivity index (χ1v) is 9.58. The first-order chi connectivity index (χ1) is 12.5. The summed E-state index contributed by atoms with van der Waals surface area (Å²) in [5.74, 6) is 1.39. The van der Waals surface area contributed by atoms with E-state index in [1.807, 2.05) is 30.3 Å². The van der Waals surface area contributed by atoms with Crippen LogP contribution in [0.1, 0.15) is 25.8 Å². The molecule has 0 saturated carbocycles. The molecule has 0 amide bonds. The average Bonchev–Trinajstić information content (AvgIpc) is 2.64. The summed E-state index contributed by atoms with van der Waals surface area (Å²) >= 11 is 3.62. The van der Waals surface area contributed by atoms with E-state index in [-0.39, 0.29) is 0 Å². The van der Waals surface area contributed by atoms with Crippen LogP contribution < -0.4 is 10.6 Å². The highest BCUT2D eigenvalue weighted by Gasteiger charge is 2.10. The summed E-state index contributed by atoms with van der Waals surface area (Å²) in [6, 6.07) is 18.6. The van der Waals surface area contributed by atoms with Crippen molar-refractivity contribution in [1.82, 2.24) is 9.97 Å². The molecule has 0 saturated heterocycles. The van der Waals surface area contributed by atoms with Gasteiger partial charge in [-0.25, -0.2) is 4.98 Å². The Kier molecular flexibility index (Phi) is 5.89. The summed E-state index contributed by atoms with van der Waals surface area (Å²) in [6.45, 7) is 6.34. The van der Waals surface area contributed by atoms with E-state index in [1.165, 1.54) is 5.56 Å². The third-order valence-corrected chi connectivity index (χ3v) is 4.83. The molecule has 2 aromatic carbocycles. The van der Waals surface area contributed by atoms with E-state index in [0.717, 1.165) is 33.7 Å². The molecule has 0 spiro atoms. The number of benzene rings is 2. The van der Waals surface area contributed by atoms with Crippen molar-refractivity contribution in [2.45, 2.75) is 33.2 Å². The van der Waals surface area contributed by atoms with E-state index in [9.17, 15) is 0 Å². The van der Waals surface area contributed by atoms with Gasteiger partial charge >= 0.3 is 0 Å². The Morgan fingerprint density at radius 2 is 1.81 bits per heavy atom. The van der Waals surface area contributed by atoms with Crippen molar-refractivity contribution < 1.29 is 0 Å². The van der Waals surface area contributed by atoms with Crippen LogP contribution in [0.2, 0.25) is 0 Å².